The Hall–Kier alpha value is -2.45. The highest BCUT2D eigenvalue weighted by atomic mass is 35.5. The lowest BCUT2D eigenvalue weighted by Gasteiger charge is -2.29. The molecule has 2 N–H and O–H groups in total. The van der Waals surface area contributed by atoms with Crippen LogP contribution in [0.5, 0.6) is 0 Å². The number of ether oxygens (including phenoxy) is 2. The molecule has 5 nitrogen and oxygen atoms in total. The summed E-state index contributed by atoms with van der Waals surface area (Å²) >= 11 is 6.28. The second kappa shape index (κ2) is 6.76. The Morgan fingerprint density at radius 3 is 2.61 bits per heavy atom. The van der Waals surface area contributed by atoms with E-state index in [0.717, 1.165) is 0 Å². The fraction of sp³-hybridized carbons (Fsp3) is 0.294. The van der Waals surface area contributed by atoms with Crippen molar-refractivity contribution < 1.29 is 14.3 Å². The lowest BCUT2D eigenvalue weighted by molar-refractivity contribution is -0.136. The molecule has 0 saturated heterocycles. The predicted molar refractivity (Wildman–Crippen MR) is 86.0 cm³/mol. The minimum atomic E-state index is -0.715. The summed E-state index contributed by atoms with van der Waals surface area (Å²) in [6, 6.07) is 9.03. The lowest BCUT2D eigenvalue weighted by Crippen LogP contribution is -2.27. The van der Waals surface area contributed by atoms with E-state index in [1.807, 2.05) is 19.9 Å². The largest absolute Gasteiger partial charge is 0.466 e. The van der Waals surface area contributed by atoms with Crippen LogP contribution in [-0.4, -0.2) is 13.1 Å². The minimum absolute atomic E-state index is 0.0197. The Balaban J connectivity index is 2.77. The van der Waals surface area contributed by atoms with Gasteiger partial charge in [0.05, 0.1) is 18.6 Å². The highest BCUT2D eigenvalue weighted by molar-refractivity contribution is 6.31. The second-order valence-electron chi connectivity index (χ2n) is 5.37. The van der Waals surface area contributed by atoms with Crippen LogP contribution in [0.2, 0.25) is 5.02 Å². The van der Waals surface area contributed by atoms with Crippen molar-refractivity contribution in [1.29, 1.82) is 5.26 Å². The number of hydrogen-bond donors (Lipinski definition) is 1. The molecule has 1 heterocycles. The van der Waals surface area contributed by atoms with Crippen molar-refractivity contribution in [3.05, 3.63) is 57.6 Å². The smallest absolute Gasteiger partial charge is 0.338 e. The van der Waals surface area contributed by atoms with E-state index in [4.69, 9.17) is 26.8 Å². The standard InChI is InChI=1S/C17H17ClN2O3/c1-9(2)15-14(17(21)22-3)13(11(8-19)16(20)23-15)10-6-4-5-7-12(10)18/h4-7,9,13H,20H2,1-3H3. The number of esters is 1. The number of nitrogens with two attached hydrogens (primary N) is 1. The van der Waals surface area contributed by atoms with Crippen LogP contribution in [-0.2, 0) is 14.3 Å². The van der Waals surface area contributed by atoms with Crippen LogP contribution < -0.4 is 5.73 Å². The highest BCUT2D eigenvalue weighted by Crippen LogP contribution is 2.43. The van der Waals surface area contributed by atoms with Crippen molar-refractivity contribution in [1.82, 2.24) is 0 Å². The zero-order valence-corrected chi connectivity index (χ0v) is 13.8. The number of nitrogens with zero attached hydrogens (tertiary/aromatic N) is 1. The number of benzene rings is 1. The molecule has 0 radical (unpaired) electrons. The lowest BCUT2D eigenvalue weighted by atomic mass is 9.81. The minimum Gasteiger partial charge on any atom is -0.466 e. The van der Waals surface area contributed by atoms with Gasteiger partial charge >= 0.3 is 5.97 Å². The molecule has 0 aromatic heterocycles. The van der Waals surface area contributed by atoms with E-state index in [-0.39, 0.29) is 22.9 Å². The average Bonchev–Trinajstić information content (AvgIpc) is 2.53. The van der Waals surface area contributed by atoms with Crippen LogP contribution in [0.4, 0.5) is 0 Å². The zero-order chi connectivity index (χ0) is 17.1. The highest BCUT2D eigenvalue weighted by Gasteiger charge is 2.38. The third-order valence-electron chi connectivity index (χ3n) is 3.59. The number of carbonyl (C=O) groups excluding carboxylic acids is 1. The summed E-state index contributed by atoms with van der Waals surface area (Å²) in [5, 5.41) is 9.93. The van der Waals surface area contributed by atoms with E-state index in [0.29, 0.717) is 16.3 Å². The van der Waals surface area contributed by atoms with Gasteiger partial charge in [-0.15, -0.1) is 0 Å². The van der Waals surface area contributed by atoms with Crippen molar-refractivity contribution in [3.8, 4) is 6.07 Å². The van der Waals surface area contributed by atoms with Gasteiger partial charge in [0.2, 0.25) is 5.88 Å². The number of rotatable bonds is 3. The molecule has 1 unspecified atom stereocenters. The molecule has 2 rings (SSSR count). The number of halogens is 1. The van der Waals surface area contributed by atoms with Crippen LogP contribution >= 0.6 is 11.6 Å². The van der Waals surface area contributed by atoms with Crippen LogP contribution in [0, 0.1) is 17.2 Å². The molecular weight excluding hydrogens is 316 g/mol. The SMILES string of the molecule is COC(=O)C1=C(C(C)C)OC(N)=C(C#N)C1c1ccccc1Cl. The fourth-order valence-electron chi connectivity index (χ4n) is 2.55. The second-order valence-corrected chi connectivity index (χ2v) is 5.78. The summed E-state index contributed by atoms with van der Waals surface area (Å²) in [6.45, 7) is 3.74. The van der Waals surface area contributed by atoms with Gasteiger partial charge in [0.1, 0.15) is 17.4 Å². The number of nitriles is 1. The molecule has 1 aliphatic heterocycles. The van der Waals surface area contributed by atoms with E-state index in [2.05, 4.69) is 0 Å². The van der Waals surface area contributed by atoms with Gasteiger partial charge in [0, 0.05) is 10.9 Å². The molecule has 0 spiro atoms. The quantitative estimate of drug-likeness (QED) is 0.859. The van der Waals surface area contributed by atoms with Gasteiger partial charge in [-0.3, -0.25) is 0 Å². The first kappa shape index (κ1) is 16.9. The van der Waals surface area contributed by atoms with Crippen LogP contribution in [0.15, 0.2) is 47.1 Å². The summed E-state index contributed by atoms with van der Waals surface area (Å²) < 4.78 is 10.4. The maximum Gasteiger partial charge on any atom is 0.338 e. The van der Waals surface area contributed by atoms with Crippen molar-refractivity contribution in [2.75, 3.05) is 7.11 Å². The first-order chi connectivity index (χ1) is 10.9. The molecular formula is C17H17ClN2O3. The van der Waals surface area contributed by atoms with E-state index in [1.165, 1.54) is 7.11 Å². The molecule has 23 heavy (non-hydrogen) atoms. The number of carbonyl (C=O) groups is 1. The normalized spacial score (nSPS) is 17.8. The average molecular weight is 333 g/mol. The molecule has 1 aromatic rings. The zero-order valence-electron chi connectivity index (χ0n) is 13.1. The Morgan fingerprint density at radius 1 is 1.43 bits per heavy atom. The Kier molecular flexibility index (Phi) is 4.97. The van der Waals surface area contributed by atoms with Gasteiger partial charge in [-0.2, -0.15) is 5.26 Å². The van der Waals surface area contributed by atoms with Crippen LogP contribution in [0.3, 0.4) is 0 Å². The van der Waals surface area contributed by atoms with Crippen molar-refractivity contribution in [2.24, 2.45) is 11.7 Å². The Morgan fingerprint density at radius 2 is 2.09 bits per heavy atom. The monoisotopic (exact) mass is 332 g/mol. The van der Waals surface area contributed by atoms with E-state index in [9.17, 15) is 10.1 Å². The van der Waals surface area contributed by atoms with E-state index < -0.39 is 11.9 Å². The van der Waals surface area contributed by atoms with Gasteiger partial charge < -0.3 is 15.2 Å². The van der Waals surface area contributed by atoms with Gasteiger partial charge in [-0.1, -0.05) is 43.6 Å². The Bertz CT molecular complexity index is 744. The number of methoxy groups -OCH3 is 1. The topological polar surface area (TPSA) is 85.3 Å². The molecule has 1 aromatic carbocycles. The predicted octanol–water partition coefficient (Wildman–Crippen LogP) is 3.23. The maximum atomic E-state index is 12.4. The van der Waals surface area contributed by atoms with Crippen LogP contribution in [0.1, 0.15) is 25.3 Å². The molecule has 0 saturated carbocycles. The van der Waals surface area contributed by atoms with Gasteiger partial charge in [-0.05, 0) is 11.6 Å². The van der Waals surface area contributed by atoms with Gasteiger partial charge in [0.15, 0.2) is 0 Å². The molecule has 0 fully saturated rings. The summed E-state index contributed by atoms with van der Waals surface area (Å²) in [5.74, 6) is -1.04. The summed E-state index contributed by atoms with van der Waals surface area (Å²) in [7, 11) is 1.28. The first-order valence-corrected chi connectivity index (χ1v) is 7.44. The molecule has 6 heteroatoms. The molecule has 0 aliphatic carbocycles. The molecule has 120 valence electrons. The van der Waals surface area contributed by atoms with E-state index >= 15 is 0 Å². The number of allylic oxidation sites excluding steroid dienone is 2. The van der Waals surface area contributed by atoms with Crippen molar-refractivity contribution in [3.63, 3.8) is 0 Å². The Labute approximate surface area is 139 Å². The molecule has 1 atom stereocenters. The third-order valence-corrected chi connectivity index (χ3v) is 3.94. The van der Waals surface area contributed by atoms with Gasteiger partial charge in [-0.25, -0.2) is 4.79 Å². The fourth-order valence-corrected chi connectivity index (χ4v) is 2.80. The van der Waals surface area contributed by atoms with Gasteiger partial charge in [0.25, 0.3) is 0 Å². The van der Waals surface area contributed by atoms with Crippen molar-refractivity contribution >= 4 is 17.6 Å². The molecule has 1 aliphatic rings. The maximum absolute atomic E-state index is 12.4. The van der Waals surface area contributed by atoms with Crippen molar-refractivity contribution in [2.45, 2.75) is 19.8 Å². The molecule has 0 amide bonds. The number of hydrogen-bond acceptors (Lipinski definition) is 5. The third kappa shape index (κ3) is 3.03. The summed E-state index contributed by atoms with van der Waals surface area (Å²) in [4.78, 5) is 12.4. The molecule has 0 bridgehead atoms. The van der Waals surface area contributed by atoms with E-state index in [1.54, 1.807) is 24.3 Å². The summed E-state index contributed by atoms with van der Waals surface area (Å²) in [5.41, 5.74) is 6.90. The summed E-state index contributed by atoms with van der Waals surface area (Å²) in [6.07, 6.45) is 0. The first-order valence-electron chi connectivity index (χ1n) is 7.06. The van der Waals surface area contributed by atoms with Crippen LogP contribution in [0.25, 0.3) is 0 Å².